The summed E-state index contributed by atoms with van der Waals surface area (Å²) in [6.45, 7) is 4.72. The molecule has 0 amide bonds. The smallest absolute Gasteiger partial charge is 0.0546 e. The Morgan fingerprint density at radius 2 is 1.09 bits per heavy atom. The molecule has 1 nitrogen and oxygen atoms in total. The van der Waals surface area contributed by atoms with Gasteiger partial charge in [0.1, 0.15) is 0 Å². The molecule has 0 radical (unpaired) electrons. The van der Waals surface area contributed by atoms with E-state index in [0.29, 0.717) is 0 Å². The standard InChI is InChI=1S/C41H29NS/c1-41(2)36-17-9-7-14-31(36)32-21-19-28(25-37(32)41)42(27-20-22-40-35(24-27)34-16-8-10-18-39(34)43-40)38-23-26-11-3-4-12-29(26)30-13-5-6-15-33(30)38/h3-25H,1-2H3. The molecule has 1 aliphatic carbocycles. The third kappa shape index (κ3) is 3.57. The van der Waals surface area contributed by atoms with E-state index in [-0.39, 0.29) is 5.41 Å². The Bertz CT molecular complexity index is 2390. The Morgan fingerprint density at radius 3 is 1.98 bits per heavy atom. The molecule has 1 aromatic heterocycles. The van der Waals surface area contributed by atoms with E-state index in [4.69, 9.17) is 0 Å². The van der Waals surface area contributed by atoms with Crippen LogP contribution in [0.25, 0.3) is 52.8 Å². The SMILES string of the molecule is CC1(C)c2ccccc2-c2ccc(N(c3ccc4sc5ccccc5c4c3)c3cc4ccccc4c4ccccc34)cc21. The van der Waals surface area contributed by atoms with Crippen LogP contribution in [0.3, 0.4) is 0 Å². The van der Waals surface area contributed by atoms with Crippen molar-refractivity contribution >= 4 is 70.1 Å². The third-order valence-electron chi connectivity index (χ3n) is 9.43. The van der Waals surface area contributed by atoms with Crippen LogP contribution in [0, 0.1) is 0 Å². The molecule has 8 aromatic rings. The molecular formula is C41H29NS. The van der Waals surface area contributed by atoms with Gasteiger partial charge in [-0.2, -0.15) is 0 Å². The van der Waals surface area contributed by atoms with Crippen LogP contribution in [-0.4, -0.2) is 0 Å². The van der Waals surface area contributed by atoms with Gasteiger partial charge in [-0.05, 0) is 80.9 Å². The maximum absolute atomic E-state index is 2.49. The second-order valence-corrected chi connectivity index (χ2v) is 13.3. The summed E-state index contributed by atoms with van der Waals surface area (Å²) >= 11 is 1.87. The van der Waals surface area contributed by atoms with Gasteiger partial charge in [0, 0.05) is 42.3 Å². The molecule has 0 bridgehead atoms. The van der Waals surface area contributed by atoms with Crippen molar-refractivity contribution in [3.05, 3.63) is 151 Å². The number of hydrogen-bond acceptors (Lipinski definition) is 2. The van der Waals surface area contributed by atoms with E-state index in [0.717, 1.165) is 0 Å². The molecule has 9 rings (SSSR count). The van der Waals surface area contributed by atoms with Crippen LogP contribution in [0.1, 0.15) is 25.0 Å². The fourth-order valence-corrected chi connectivity index (χ4v) is 8.42. The zero-order valence-electron chi connectivity index (χ0n) is 24.1. The minimum absolute atomic E-state index is 0.0768. The number of benzene rings is 7. The third-order valence-corrected chi connectivity index (χ3v) is 10.6. The molecule has 43 heavy (non-hydrogen) atoms. The van der Waals surface area contributed by atoms with Crippen LogP contribution in [0.15, 0.2) is 140 Å². The van der Waals surface area contributed by atoms with E-state index in [1.807, 2.05) is 11.3 Å². The first-order valence-electron chi connectivity index (χ1n) is 14.9. The molecule has 0 aliphatic heterocycles. The summed E-state index contributed by atoms with van der Waals surface area (Å²) in [5.41, 5.74) is 8.94. The minimum atomic E-state index is -0.0768. The summed E-state index contributed by atoms with van der Waals surface area (Å²) in [5, 5.41) is 7.68. The van der Waals surface area contributed by atoms with Gasteiger partial charge in [0.2, 0.25) is 0 Å². The van der Waals surface area contributed by atoms with E-state index in [1.165, 1.54) is 81.0 Å². The van der Waals surface area contributed by atoms with Crippen LogP contribution in [0.4, 0.5) is 17.1 Å². The van der Waals surface area contributed by atoms with Crippen LogP contribution >= 0.6 is 11.3 Å². The van der Waals surface area contributed by atoms with Gasteiger partial charge in [-0.15, -0.1) is 11.3 Å². The Labute approximate surface area is 255 Å². The average Bonchev–Trinajstić information content (AvgIpc) is 3.53. The maximum atomic E-state index is 2.49. The topological polar surface area (TPSA) is 3.24 Å². The lowest BCUT2D eigenvalue weighted by Gasteiger charge is -2.29. The van der Waals surface area contributed by atoms with Gasteiger partial charge in [-0.1, -0.05) is 111 Å². The zero-order chi connectivity index (χ0) is 28.7. The second-order valence-electron chi connectivity index (χ2n) is 12.2. The Balaban J connectivity index is 1.35. The summed E-state index contributed by atoms with van der Waals surface area (Å²) in [6, 6.07) is 51.7. The number of fused-ring (bicyclic) bond motifs is 9. The molecule has 1 aliphatic rings. The molecule has 0 spiro atoms. The van der Waals surface area contributed by atoms with Crippen molar-refractivity contribution in [1.82, 2.24) is 0 Å². The van der Waals surface area contributed by atoms with Crippen molar-refractivity contribution < 1.29 is 0 Å². The van der Waals surface area contributed by atoms with Gasteiger partial charge in [0.25, 0.3) is 0 Å². The molecule has 0 saturated carbocycles. The number of hydrogen-bond donors (Lipinski definition) is 0. The molecule has 0 unspecified atom stereocenters. The molecule has 0 saturated heterocycles. The molecule has 0 fully saturated rings. The Morgan fingerprint density at radius 1 is 0.465 bits per heavy atom. The van der Waals surface area contributed by atoms with E-state index < -0.39 is 0 Å². The Kier molecular flexibility index (Phi) is 5.18. The van der Waals surface area contributed by atoms with Gasteiger partial charge >= 0.3 is 0 Å². The maximum Gasteiger partial charge on any atom is 0.0546 e. The summed E-state index contributed by atoms with van der Waals surface area (Å²) < 4.78 is 2.65. The molecule has 204 valence electrons. The summed E-state index contributed by atoms with van der Waals surface area (Å²) in [5.74, 6) is 0. The van der Waals surface area contributed by atoms with E-state index >= 15 is 0 Å². The first-order chi connectivity index (χ1) is 21.1. The predicted octanol–water partition coefficient (Wildman–Crippen LogP) is 12.1. The minimum Gasteiger partial charge on any atom is -0.310 e. The highest BCUT2D eigenvalue weighted by molar-refractivity contribution is 7.25. The Hall–Kier alpha value is -4.92. The van der Waals surface area contributed by atoms with Crippen molar-refractivity contribution in [3.8, 4) is 11.1 Å². The average molecular weight is 568 g/mol. The van der Waals surface area contributed by atoms with Crippen molar-refractivity contribution in [2.75, 3.05) is 4.90 Å². The number of rotatable bonds is 3. The largest absolute Gasteiger partial charge is 0.310 e. The number of anilines is 3. The van der Waals surface area contributed by atoms with Crippen LogP contribution in [0.5, 0.6) is 0 Å². The van der Waals surface area contributed by atoms with Crippen molar-refractivity contribution in [3.63, 3.8) is 0 Å². The van der Waals surface area contributed by atoms with Gasteiger partial charge in [-0.3, -0.25) is 0 Å². The first-order valence-corrected chi connectivity index (χ1v) is 15.8. The second kappa shape index (κ2) is 9.04. The molecule has 2 heteroatoms. The van der Waals surface area contributed by atoms with E-state index in [2.05, 4.69) is 158 Å². The molecule has 1 heterocycles. The normalized spacial score (nSPS) is 13.5. The van der Waals surface area contributed by atoms with Gasteiger partial charge in [-0.25, -0.2) is 0 Å². The molecule has 7 aromatic carbocycles. The fraction of sp³-hybridized carbons (Fsp3) is 0.0732. The van der Waals surface area contributed by atoms with Crippen LogP contribution in [-0.2, 0) is 5.41 Å². The van der Waals surface area contributed by atoms with Crippen LogP contribution < -0.4 is 4.90 Å². The van der Waals surface area contributed by atoms with Crippen molar-refractivity contribution in [2.45, 2.75) is 19.3 Å². The highest BCUT2D eigenvalue weighted by atomic mass is 32.1. The summed E-state index contributed by atoms with van der Waals surface area (Å²) in [7, 11) is 0. The highest BCUT2D eigenvalue weighted by Gasteiger charge is 2.35. The lowest BCUT2D eigenvalue weighted by atomic mass is 9.82. The summed E-state index contributed by atoms with van der Waals surface area (Å²) in [6.07, 6.45) is 0. The van der Waals surface area contributed by atoms with E-state index in [1.54, 1.807) is 0 Å². The van der Waals surface area contributed by atoms with Gasteiger partial charge in [0.05, 0.1) is 5.69 Å². The molecular weight excluding hydrogens is 539 g/mol. The van der Waals surface area contributed by atoms with Gasteiger partial charge in [0.15, 0.2) is 0 Å². The number of nitrogens with zero attached hydrogens (tertiary/aromatic N) is 1. The number of thiophene rings is 1. The lowest BCUT2D eigenvalue weighted by molar-refractivity contribution is 0.660. The monoisotopic (exact) mass is 567 g/mol. The highest BCUT2D eigenvalue weighted by Crippen LogP contribution is 2.51. The van der Waals surface area contributed by atoms with E-state index in [9.17, 15) is 0 Å². The summed E-state index contributed by atoms with van der Waals surface area (Å²) in [4.78, 5) is 2.49. The van der Waals surface area contributed by atoms with Gasteiger partial charge < -0.3 is 4.90 Å². The van der Waals surface area contributed by atoms with Crippen molar-refractivity contribution in [2.24, 2.45) is 0 Å². The first kappa shape index (κ1) is 24.7. The zero-order valence-corrected chi connectivity index (χ0v) is 25.0. The quantitative estimate of drug-likeness (QED) is 0.192. The fourth-order valence-electron chi connectivity index (χ4n) is 7.33. The van der Waals surface area contributed by atoms with Crippen LogP contribution in [0.2, 0.25) is 0 Å². The lowest BCUT2D eigenvalue weighted by Crippen LogP contribution is -2.16. The molecule has 0 N–H and O–H groups in total. The predicted molar refractivity (Wildman–Crippen MR) is 187 cm³/mol. The van der Waals surface area contributed by atoms with Crippen molar-refractivity contribution in [1.29, 1.82) is 0 Å². The molecule has 0 atom stereocenters.